The summed E-state index contributed by atoms with van der Waals surface area (Å²) in [5, 5.41) is 8.91. The minimum atomic E-state index is -0.940. The summed E-state index contributed by atoms with van der Waals surface area (Å²) in [6.07, 6.45) is 3.82. The summed E-state index contributed by atoms with van der Waals surface area (Å²) in [6.45, 7) is 0.385. The predicted molar refractivity (Wildman–Crippen MR) is 93.1 cm³/mol. The molecule has 0 fully saturated rings. The molecular weight excluding hydrogens is 324 g/mol. The van der Waals surface area contributed by atoms with Crippen molar-refractivity contribution in [2.24, 2.45) is 0 Å². The molecule has 0 bridgehead atoms. The molecule has 6 heteroatoms. The molecule has 2 rings (SSSR count). The van der Waals surface area contributed by atoms with Gasteiger partial charge in [-0.1, -0.05) is 30.4 Å². The third-order valence-corrected chi connectivity index (χ3v) is 3.37. The van der Waals surface area contributed by atoms with Crippen molar-refractivity contribution in [1.29, 1.82) is 0 Å². The van der Waals surface area contributed by atoms with Crippen LogP contribution in [0, 0.1) is 0 Å². The number of rotatable bonds is 9. The van der Waals surface area contributed by atoms with E-state index in [1.165, 1.54) is 7.11 Å². The predicted octanol–water partition coefficient (Wildman–Crippen LogP) is 3.62. The zero-order valence-corrected chi connectivity index (χ0v) is 14.1. The largest absolute Gasteiger partial charge is 0.478 e. The molecule has 0 spiro atoms. The molecule has 0 radical (unpaired) electrons. The number of ether oxygens (including phenoxy) is 2. The number of hydrogen-bond donors (Lipinski definition) is 1. The first-order valence-electron chi connectivity index (χ1n) is 7.55. The van der Waals surface area contributed by atoms with Gasteiger partial charge >= 0.3 is 5.97 Å². The van der Waals surface area contributed by atoms with Gasteiger partial charge in [-0.05, 0) is 35.4 Å². The molecule has 1 N–H and O–H groups in total. The minimum Gasteiger partial charge on any atom is -0.478 e. The fraction of sp³-hybridized carbons (Fsp3) is 0.211. The molecule has 132 valence electrons. The molecule has 0 aliphatic rings. The monoisotopic (exact) mass is 344 g/mol. The number of carbonyl (C=O) groups is 1. The summed E-state index contributed by atoms with van der Waals surface area (Å²) in [5.74, 6) is -0.285. The molecule has 0 amide bonds. The van der Waals surface area contributed by atoms with Crippen molar-refractivity contribution in [3.05, 3.63) is 64.7 Å². The zero-order chi connectivity index (χ0) is 18.1. The van der Waals surface area contributed by atoms with Gasteiger partial charge in [0.05, 0.1) is 12.7 Å². The number of hydrogen-bond acceptors (Lipinski definition) is 5. The van der Waals surface area contributed by atoms with E-state index in [4.69, 9.17) is 19.5 Å². The number of benzene rings is 2. The third-order valence-electron chi connectivity index (χ3n) is 3.37. The number of carboxylic acid groups (broad SMARTS) is 1. The summed E-state index contributed by atoms with van der Waals surface area (Å²) >= 11 is 0. The van der Waals surface area contributed by atoms with E-state index in [1.807, 2.05) is 30.4 Å². The van der Waals surface area contributed by atoms with Crippen LogP contribution >= 0.6 is 0 Å². The minimum absolute atomic E-state index is 0.144. The van der Waals surface area contributed by atoms with Gasteiger partial charge in [-0.15, -0.1) is 0 Å². The Labute approximate surface area is 146 Å². The standard InChI is InChI=1S/C19H20O6/c1-22-13-24-18-10-7-15(11-17(18)12-25-23-2)4-3-14-5-8-16(9-6-14)19(20)21/h3-11H,12-13H2,1-2H3,(H,20,21)/b4-3+. The molecule has 2 aromatic carbocycles. The van der Waals surface area contributed by atoms with Gasteiger partial charge in [-0.25, -0.2) is 14.6 Å². The second kappa shape index (κ2) is 9.58. The van der Waals surface area contributed by atoms with Crippen molar-refractivity contribution in [2.75, 3.05) is 21.0 Å². The van der Waals surface area contributed by atoms with Crippen molar-refractivity contribution in [1.82, 2.24) is 0 Å². The molecule has 0 heterocycles. The third kappa shape index (κ3) is 5.72. The lowest BCUT2D eigenvalue weighted by Crippen LogP contribution is -2.03. The van der Waals surface area contributed by atoms with Gasteiger partial charge < -0.3 is 14.6 Å². The fourth-order valence-corrected chi connectivity index (χ4v) is 2.13. The van der Waals surface area contributed by atoms with Crippen LogP contribution in [0.3, 0.4) is 0 Å². The fourth-order valence-electron chi connectivity index (χ4n) is 2.13. The molecule has 6 nitrogen and oxygen atoms in total. The Morgan fingerprint density at radius 1 is 1.04 bits per heavy atom. The van der Waals surface area contributed by atoms with E-state index >= 15 is 0 Å². The Balaban J connectivity index is 2.15. The normalized spacial score (nSPS) is 11.0. The van der Waals surface area contributed by atoms with E-state index in [-0.39, 0.29) is 19.0 Å². The van der Waals surface area contributed by atoms with Gasteiger partial charge in [0.1, 0.15) is 12.4 Å². The first-order valence-corrected chi connectivity index (χ1v) is 7.55. The van der Waals surface area contributed by atoms with E-state index in [1.54, 1.807) is 31.4 Å². The molecule has 0 saturated carbocycles. The van der Waals surface area contributed by atoms with Gasteiger partial charge in [-0.2, -0.15) is 0 Å². The lowest BCUT2D eigenvalue weighted by atomic mass is 10.1. The second-order valence-electron chi connectivity index (χ2n) is 5.11. The molecule has 0 atom stereocenters. The van der Waals surface area contributed by atoms with Crippen molar-refractivity contribution >= 4 is 18.1 Å². The van der Waals surface area contributed by atoms with Crippen LogP contribution in [0.2, 0.25) is 0 Å². The van der Waals surface area contributed by atoms with Crippen LogP contribution in [-0.4, -0.2) is 32.1 Å². The molecule has 0 unspecified atom stereocenters. The summed E-state index contributed by atoms with van der Waals surface area (Å²) in [5.41, 5.74) is 2.93. The highest BCUT2D eigenvalue weighted by atomic mass is 17.2. The van der Waals surface area contributed by atoms with E-state index in [0.29, 0.717) is 5.75 Å². The maximum Gasteiger partial charge on any atom is 0.335 e. The van der Waals surface area contributed by atoms with E-state index in [9.17, 15) is 4.79 Å². The van der Waals surface area contributed by atoms with Crippen LogP contribution in [0.15, 0.2) is 42.5 Å². The highest BCUT2D eigenvalue weighted by molar-refractivity contribution is 5.88. The number of methoxy groups -OCH3 is 1. The summed E-state index contributed by atoms with van der Waals surface area (Å²) < 4.78 is 10.4. The van der Waals surface area contributed by atoms with Crippen LogP contribution in [0.4, 0.5) is 0 Å². The number of carboxylic acids is 1. The van der Waals surface area contributed by atoms with Crippen molar-refractivity contribution in [2.45, 2.75) is 6.61 Å². The highest BCUT2D eigenvalue weighted by Crippen LogP contribution is 2.23. The second-order valence-corrected chi connectivity index (χ2v) is 5.11. The Morgan fingerprint density at radius 3 is 2.36 bits per heavy atom. The van der Waals surface area contributed by atoms with Crippen molar-refractivity contribution in [3.8, 4) is 5.75 Å². The average molecular weight is 344 g/mol. The summed E-state index contributed by atoms with van der Waals surface area (Å²) in [4.78, 5) is 20.5. The quantitative estimate of drug-likeness (QED) is 0.324. The maximum absolute atomic E-state index is 10.9. The highest BCUT2D eigenvalue weighted by Gasteiger charge is 2.06. The first-order chi connectivity index (χ1) is 12.1. The molecule has 0 aliphatic carbocycles. The topological polar surface area (TPSA) is 74.2 Å². The molecule has 0 aliphatic heterocycles. The SMILES string of the molecule is COCOc1ccc(/C=C/c2ccc(C(=O)O)cc2)cc1COOC. The van der Waals surface area contributed by atoms with Gasteiger partial charge in [0.25, 0.3) is 0 Å². The van der Waals surface area contributed by atoms with Crippen LogP contribution < -0.4 is 4.74 Å². The van der Waals surface area contributed by atoms with Crippen LogP contribution in [-0.2, 0) is 21.1 Å². The smallest absolute Gasteiger partial charge is 0.335 e. The lowest BCUT2D eigenvalue weighted by Gasteiger charge is -2.11. The van der Waals surface area contributed by atoms with Crippen LogP contribution in [0.5, 0.6) is 5.75 Å². The first kappa shape index (κ1) is 18.7. The molecular formula is C19H20O6. The lowest BCUT2D eigenvalue weighted by molar-refractivity contribution is -0.282. The Bertz CT molecular complexity index is 721. The van der Waals surface area contributed by atoms with Crippen molar-refractivity contribution < 1.29 is 29.1 Å². The molecule has 0 saturated heterocycles. The summed E-state index contributed by atoms with van der Waals surface area (Å²) in [7, 11) is 3.00. The molecule has 0 aromatic heterocycles. The van der Waals surface area contributed by atoms with Crippen molar-refractivity contribution in [3.63, 3.8) is 0 Å². The van der Waals surface area contributed by atoms with Gasteiger partial charge in [-0.3, -0.25) is 0 Å². The van der Waals surface area contributed by atoms with E-state index < -0.39 is 5.97 Å². The van der Waals surface area contributed by atoms with Gasteiger partial charge in [0.15, 0.2) is 6.79 Å². The summed E-state index contributed by atoms with van der Waals surface area (Å²) in [6, 6.07) is 12.3. The van der Waals surface area contributed by atoms with Crippen LogP contribution in [0.25, 0.3) is 12.2 Å². The van der Waals surface area contributed by atoms with E-state index in [2.05, 4.69) is 4.89 Å². The Kier molecular flexibility index (Phi) is 7.16. The average Bonchev–Trinajstić information content (AvgIpc) is 2.64. The zero-order valence-electron chi connectivity index (χ0n) is 14.1. The number of aromatic carboxylic acids is 1. The Morgan fingerprint density at radius 2 is 1.72 bits per heavy atom. The maximum atomic E-state index is 10.9. The van der Waals surface area contributed by atoms with Crippen LogP contribution in [0.1, 0.15) is 27.0 Å². The molecule has 25 heavy (non-hydrogen) atoms. The Hall–Kier alpha value is -2.67. The molecule has 2 aromatic rings. The van der Waals surface area contributed by atoms with E-state index in [0.717, 1.165) is 16.7 Å². The van der Waals surface area contributed by atoms with Gasteiger partial charge in [0, 0.05) is 12.7 Å². The van der Waals surface area contributed by atoms with Gasteiger partial charge in [0.2, 0.25) is 0 Å².